The lowest BCUT2D eigenvalue weighted by Gasteiger charge is -2.39. The van der Waals surface area contributed by atoms with Gasteiger partial charge in [0.05, 0.1) is 0 Å². The topological polar surface area (TPSA) is 45.2 Å². The van der Waals surface area contributed by atoms with Gasteiger partial charge in [-0.15, -0.1) is 0 Å². The number of likely N-dealkylation sites (tertiary alicyclic amines) is 1. The Kier molecular flexibility index (Phi) is 4.33. The van der Waals surface area contributed by atoms with Crippen molar-refractivity contribution in [2.45, 2.75) is 51.0 Å². The van der Waals surface area contributed by atoms with Crippen LogP contribution in [0.1, 0.15) is 43.4 Å². The average Bonchev–Trinajstić information content (AvgIpc) is 3.40. The predicted octanol–water partition coefficient (Wildman–Crippen LogP) is 3.09. The first-order valence-corrected chi connectivity index (χ1v) is 10.2. The van der Waals surface area contributed by atoms with E-state index in [1.165, 1.54) is 62.3 Å². The van der Waals surface area contributed by atoms with Crippen molar-refractivity contribution in [1.29, 1.82) is 0 Å². The summed E-state index contributed by atoms with van der Waals surface area (Å²) in [5.74, 6) is 2.08. The first kappa shape index (κ1) is 16.2. The van der Waals surface area contributed by atoms with Crippen LogP contribution in [0.2, 0.25) is 0 Å². The number of hydrogen-bond donors (Lipinski definition) is 0. The molecule has 1 aliphatic carbocycles. The molecule has 2 aromatic rings. The summed E-state index contributed by atoms with van der Waals surface area (Å²) in [6.45, 7) is 4.81. The average molecular weight is 349 g/mol. The van der Waals surface area contributed by atoms with Crippen molar-refractivity contribution in [3.8, 4) is 11.4 Å². The van der Waals surface area contributed by atoms with Crippen LogP contribution in [0.3, 0.4) is 0 Å². The van der Waals surface area contributed by atoms with E-state index >= 15 is 0 Å². The highest BCUT2D eigenvalue weighted by Gasteiger charge is 2.30. The molecule has 26 heavy (non-hydrogen) atoms. The molecule has 5 heteroatoms. The molecule has 3 aliphatic rings. The lowest BCUT2D eigenvalue weighted by atomic mass is 10.0. The standard InChI is InChI=1S/C21H27N5/c1-2-13-25(12-1)17-5-4-14-26(15-17)21-18-6-3-7-19(18)23-20(24-21)16-8-10-22-11-9-16/h8-11,17H,1-7,12-15H2. The third-order valence-corrected chi connectivity index (χ3v) is 6.20. The summed E-state index contributed by atoms with van der Waals surface area (Å²) in [5.41, 5.74) is 3.75. The molecule has 0 bridgehead atoms. The summed E-state index contributed by atoms with van der Waals surface area (Å²) in [6.07, 6.45) is 12.4. The van der Waals surface area contributed by atoms with Crippen LogP contribution < -0.4 is 4.90 Å². The summed E-state index contributed by atoms with van der Waals surface area (Å²) < 4.78 is 0. The molecule has 2 saturated heterocycles. The Morgan fingerprint density at radius 2 is 1.73 bits per heavy atom. The van der Waals surface area contributed by atoms with Crippen molar-refractivity contribution in [2.75, 3.05) is 31.1 Å². The van der Waals surface area contributed by atoms with Gasteiger partial charge in [-0.2, -0.15) is 0 Å². The number of piperidine rings is 1. The number of fused-ring (bicyclic) bond motifs is 1. The van der Waals surface area contributed by atoms with Crippen molar-refractivity contribution < 1.29 is 0 Å². The summed E-state index contributed by atoms with van der Waals surface area (Å²) in [5, 5.41) is 0. The molecule has 5 rings (SSSR count). The van der Waals surface area contributed by atoms with Crippen molar-refractivity contribution in [1.82, 2.24) is 19.9 Å². The van der Waals surface area contributed by atoms with Gasteiger partial charge in [0.2, 0.25) is 0 Å². The van der Waals surface area contributed by atoms with Gasteiger partial charge in [-0.3, -0.25) is 9.88 Å². The highest BCUT2D eigenvalue weighted by molar-refractivity contribution is 5.61. The summed E-state index contributed by atoms with van der Waals surface area (Å²) in [6, 6.07) is 4.73. The zero-order chi connectivity index (χ0) is 17.3. The van der Waals surface area contributed by atoms with E-state index in [0.29, 0.717) is 6.04 Å². The first-order valence-electron chi connectivity index (χ1n) is 10.2. The Balaban J connectivity index is 1.48. The number of aromatic nitrogens is 3. The van der Waals surface area contributed by atoms with Gasteiger partial charge < -0.3 is 4.90 Å². The van der Waals surface area contributed by atoms with E-state index in [2.05, 4.69) is 14.8 Å². The SMILES string of the molecule is c1cc(-c2nc3c(c(N4CCCC(N5CCCC5)C4)n2)CCC3)ccn1. The maximum Gasteiger partial charge on any atom is 0.161 e. The molecule has 4 heterocycles. The Morgan fingerprint density at radius 1 is 0.885 bits per heavy atom. The number of hydrogen-bond acceptors (Lipinski definition) is 5. The van der Waals surface area contributed by atoms with Gasteiger partial charge >= 0.3 is 0 Å². The maximum absolute atomic E-state index is 5.07. The van der Waals surface area contributed by atoms with Crippen LogP contribution in [0.15, 0.2) is 24.5 Å². The number of anilines is 1. The van der Waals surface area contributed by atoms with Crippen molar-refractivity contribution in [3.05, 3.63) is 35.8 Å². The molecule has 5 nitrogen and oxygen atoms in total. The fraction of sp³-hybridized carbons (Fsp3) is 0.571. The number of rotatable bonds is 3. The monoisotopic (exact) mass is 349 g/mol. The van der Waals surface area contributed by atoms with Crippen LogP contribution >= 0.6 is 0 Å². The van der Waals surface area contributed by atoms with E-state index < -0.39 is 0 Å². The summed E-state index contributed by atoms with van der Waals surface area (Å²) >= 11 is 0. The molecular formula is C21H27N5. The lowest BCUT2D eigenvalue weighted by molar-refractivity contribution is 0.215. The van der Waals surface area contributed by atoms with Gasteiger partial charge in [0, 0.05) is 48.3 Å². The molecule has 136 valence electrons. The second kappa shape index (κ2) is 6.95. The van der Waals surface area contributed by atoms with Crippen LogP contribution in [-0.2, 0) is 12.8 Å². The van der Waals surface area contributed by atoms with E-state index in [0.717, 1.165) is 37.3 Å². The Hall–Kier alpha value is -2.01. The molecule has 0 N–H and O–H groups in total. The van der Waals surface area contributed by atoms with Gasteiger partial charge in [0.25, 0.3) is 0 Å². The number of aryl methyl sites for hydroxylation is 1. The minimum atomic E-state index is 0.697. The molecule has 0 spiro atoms. The summed E-state index contributed by atoms with van der Waals surface area (Å²) in [7, 11) is 0. The zero-order valence-corrected chi connectivity index (χ0v) is 15.4. The van der Waals surface area contributed by atoms with Gasteiger partial charge in [-0.25, -0.2) is 9.97 Å². The van der Waals surface area contributed by atoms with Crippen LogP contribution in [0.5, 0.6) is 0 Å². The molecule has 1 unspecified atom stereocenters. The van der Waals surface area contributed by atoms with Crippen LogP contribution in [0.4, 0.5) is 5.82 Å². The third-order valence-electron chi connectivity index (χ3n) is 6.20. The number of pyridine rings is 1. The molecular weight excluding hydrogens is 322 g/mol. The van der Waals surface area contributed by atoms with Crippen molar-refractivity contribution in [2.24, 2.45) is 0 Å². The molecule has 0 saturated carbocycles. The normalized spacial score (nSPS) is 23.4. The summed E-state index contributed by atoms with van der Waals surface area (Å²) in [4.78, 5) is 19.4. The largest absolute Gasteiger partial charge is 0.355 e. The first-order chi connectivity index (χ1) is 12.9. The van der Waals surface area contributed by atoms with Gasteiger partial charge in [0.1, 0.15) is 5.82 Å². The minimum absolute atomic E-state index is 0.697. The molecule has 0 radical (unpaired) electrons. The van der Waals surface area contributed by atoms with E-state index in [1.807, 2.05) is 24.5 Å². The Labute approximate surface area is 155 Å². The number of nitrogens with zero attached hydrogens (tertiary/aromatic N) is 5. The highest BCUT2D eigenvalue weighted by Crippen LogP contribution is 2.33. The van der Waals surface area contributed by atoms with Crippen LogP contribution in [0.25, 0.3) is 11.4 Å². The van der Waals surface area contributed by atoms with Gasteiger partial charge in [-0.1, -0.05) is 0 Å². The van der Waals surface area contributed by atoms with E-state index in [9.17, 15) is 0 Å². The van der Waals surface area contributed by atoms with Crippen molar-refractivity contribution in [3.63, 3.8) is 0 Å². The second-order valence-electron chi connectivity index (χ2n) is 7.87. The fourth-order valence-electron chi connectivity index (χ4n) is 4.86. The van der Waals surface area contributed by atoms with Crippen LogP contribution in [-0.4, -0.2) is 52.1 Å². The van der Waals surface area contributed by atoms with Gasteiger partial charge in [0.15, 0.2) is 5.82 Å². The van der Waals surface area contributed by atoms with Crippen LogP contribution in [0, 0.1) is 0 Å². The molecule has 2 aromatic heterocycles. The highest BCUT2D eigenvalue weighted by atomic mass is 15.3. The molecule has 2 aliphatic heterocycles. The van der Waals surface area contributed by atoms with E-state index in [4.69, 9.17) is 9.97 Å². The van der Waals surface area contributed by atoms with E-state index in [-0.39, 0.29) is 0 Å². The quantitative estimate of drug-likeness (QED) is 0.852. The fourth-order valence-corrected chi connectivity index (χ4v) is 4.86. The lowest BCUT2D eigenvalue weighted by Crippen LogP contribution is -2.47. The maximum atomic E-state index is 5.07. The molecule has 2 fully saturated rings. The van der Waals surface area contributed by atoms with E-state index in [1.54, 1.807) is 0 Å². The predicted molar refractivity (Wildman–Crippen MR) is 103 cm³/mol. The Bertz CT molecular complexity index is 769. The molecule has 0 amide bonds. The molecule has 0 aromatic carbocycles. The van der Waals surface area contributed by atoms with Gasteiger partial charge in [-0.05, 0) is 70.2 Å². The zero-order valence-electron chi connectivity index (χ0n) is 15.4. The second-order valence-corrected chi connectivity index (χ2v) is 7.87. The third kappa shape index (κ3) is 2.98. The smallest absolute Gasteiger partial charge is 0.161 e. The minimum Gasteiger partial charge on any atom is -0.355 e. The Morgan fingerprint density at radius 3 is 2.58 bits per heavy atom. The van der Waals surface area contributed by atoms with Crippen molar-refractivity contribution >= 4 is 5.82 Å². The molecule has 1 atom stereocenters.